The molecule has 1 spiro atoms. The summed E-state index contributed by atoms with van der Waals surface area (Å²) in [5.41, 5.74) is 3.05. The van der Waals surface area contributed by atoms with Crippen LogP contribution in [0, 0.1) is 6.92 Å². The smallest absolute Gasteiger partial charge is 0.270 e. The second-order valence-corrected chi connectivity index (χ2v) is 7.49. The summed E-state index contributed by atoms with van der Waals surface area (Å²) in [5, 5.41) is 0.599. The minimum absolute atomic E-state index is 0.00803. The lowest BCUT2D eigenvalue weighted by Gasteiger charge is -2.40. The van der Waals surface area contributed by atoms with E-state index in [1.807, 2.05) is 25.1 Å². The molecule has 0 aromatic carbocycles. The van der Waals surface area contributed by atoms with Gasteiger partial charge in [0.25, 0.3) is 5.91 Å². The quantitative estimate of drug-likeness (QED) is 0.799. The summed E-state index contributed by atoms with van der Waals surface area (Å²) in [5.74, 6) is 0.871. The topological polar surface area (TPSA) is 51.0 Å². The molecular formula is C18H21ClN4O. The lowest BCUT2D eigenvalue weighted by atomic mass is 9.77. The number of piperidine rings is 1. The highest BCUT2D eigenvalue weighted by Gasteiger charge is 2.44. The monoisotopic (exact) mass is 344 g/mol. The molecule has 1 aliphatic carbocycles. The molecule has 1 amide bonds. The molecule has 1 unspecified atom stereocenters. The first-order valence-corrected chi connectivity index (χ1v) is 8.80. The third kappa shape index (κ3) is 2.42. The van der Waals surface area contributed by atoms with E-state index >= 15 is 0 Å². The van der Waals surface area contributed by atoms with Gasteiger partial charge in [-0.3, -0.25) is 4.79 Å². The van der Waals surface area contributed by atoms with Crippen molar-refractivity contribution in [1.82, 2.24) is 19.4 Å². The van der Waals surface area contributed by atoms with E-state index in [9.17, 15) is 4.79 Å². The molecule has 6 heteroatoms. The molecular weight excluding hydrogens is 324 g/mol. The number of rotatable bonds is 1. The number of carbonyl (C=O) groups is 1. The van der Waals surface area contributed by atoms with Crippen LogP contribution in [-0.2, 0) is 18.9 Å². The van der Waals surface area contributed by atoms with Crippen LogP contribution in [0.3, 0.4) is 0 Å². The third-order valence-electron chi connectivity index (χ3n) is 5.42. The van der Waals surface area contributed by atoms with Crippen LogP contribution < -0.4 is 0 Å². The van der Waals surface area contributed by atoms with Crippen molar-refractivity contribution < 1.29 is 4.79 Å². The zero-order valence-electron chi connectivity index (χ0n) is 14.0. The molecule has 24 heavy (non-hydrogen) atoms. The molecule has 4 rings (SSSR count). The van der Waals surface area contributed by atoms with Gasteiger partial charge in [0.1, 0.15) is 11.5 Å². The Bertz CT molecular complexity index is 811. The number of nitrogens with zero attached hydrogens (tertiary/aromatic N) is 4. The van der Waals surface area contributed by atoms with Gasteiger partial charge in [-0.1, -0.05) is 11.6 Å². The Kier molecular flexibility index (Phi) is 3.64. The number of fused-ring (bicyclic) bond motifs is 2. The highest BCUT2D eigenvalue weighted by atomic mass is 35.5. The van der Waals surface area contributed by atoms with Gasteiger partial charge in [-0.05, 0) is 44.2 Å². The molecule has 2 aromatic rings. The normalized spacial score (nSPS) is 22.9. The maximum absolute atomic E-state index is 13.0. The Morgan fingerprint density at radius 3 is 2.96 bits per heavy atom. The van der Waals surface area contributed by atoms with Crippen molar-refractivity contribution in [3.05, 3.63) is 46.3 Å². The fourth-order valence-electron chi connectivity index (χ4n) is 4.23. The predicted octanol–water partition coefficient (Wildman–Crippen LogP) is 2.90. The summed E-state index contributed by atoms with van der Waals surface area (Å²) < 4.78 is 1.81. The Morgan fingerprint density at radius 1 is 1.38 bits per heavy atom. The minimum atomic E-state index is -0.00803. The van der Waals surface area contributed by atoms with Gasteiger partial charge in [-0.2, -0.15) is 0 Å². The number of halogens is 1. The number of hydrogen-bond donors (Lipinski definition) is 0. The average Bonchev–Trinajstić information content (AvgIpc) is 3.07. The van der Waals surface area contributed by atoms with Crippen molar-refractivity contribution in [3.8, 4) is 0 Å². The molecule has 1 atom stereocenters. The van der Waals surface area contributed by atoms with Crippen LogP contribution in [0.15, 0.2) is 18.5 Å². The van der Waals surface area contributed by atoms with Gasteiger partial charge in [-0.15, -0.1) is 0 Å². The zero-order chi connectivity index (χ0) is 16.9. The van der Waals surface area contributed by atoms with Gasteiger partial charge < -0.3 is 9.47 Å². The molecule has 3 heterocycles. The lowest BCUT2D eigenvalue weighted by molar-refractivity contribution is 0.0623. The first kappa shape index (κ1) is 15.6. The summed E-state index contributed by atoms with van der Waals surface area (Å²) >= 11 is 6.05. The van der Waals surface area contributed by atoms with Gasteiger partial charge in [0.2, 0.25) is 0 Å². The highest BCUT2D eigenvalue weighted by molar-refractivity contribution is 6.31. The number of amides is 1. The Labute approximate surface area is 146 Å². The van der Waals surface area contributed by atoms with E-state index in [4.69, 9.17) is 16.6 Å². The molecule has 1 saturated heterocycles. The Morgan fingerprint density at radius 2 is 2.21 bits per heavy atom. The van der Waals surface area contributed by atoms with Crippen LogP contribution in [0.1, 0.15) is 46.8 Å². The van der Waals surface area contributed by atoms with Gasteiger partial charge in [-0.25, -0.2) is 9.97 Å². The van der Waals surface area contributed by atoms with Crippen molar-refractivity contribution >= 4 is 17.5 Å². The van der Waals surface area contributed by atoms with Crippen molar-refractivity contribution in [2.45, 2.75) is 38.0 Å². The van der Waals surface area contributed by atoms with Gasteiger partial charge in [0.05, 0.1) is 10.7 Å². The molecule has 1 fully saturated rings. The molecule has 126 valence electrons. The molecule has 0 radical (unpaired) electrons. The van der Waals surface area contributed by atoms with Crippen LogP contribution in [-0.4, -0.2) is 38.4 Å². The standard InChI is InChI=1S/C18H21ClN4O/c1-12-20-9-13-4-6-18(16(13)21-12)5-3-7-23(11-18)17(24)15-8-14(19)10-22(15)2/h8-10H,3-7,11H2,1-2H3. The molecule has 0 bridgehead atoms. The van der Waals surface area contributed by atoms with Crippen molar-refractivity contribution in [3.63, 3.8) is 0 Å². The first-order chi connectivity index (χ1) is 11.5. The van der Waals surface area contributed by atoms with Gasteiger partial charge in [0.15, 0.2) is 0 Å². The second-order valence-electron chi connectivity index (χ2n) is 7.06. The molecule has 0 N–H and O–H groups in total. The Balaban J connectivity index is 1.65. The second kappa shape index (κ2) is 5.59. The first-order valence-electron chi connectivity index (χ1n) is 8.43. The third-order valence-corrected chi connectivity index (χ3v) is 5.62. The Hall–Kier alpha value is -1.88. The number of likely N-dealkylation sites (tertiary alicyclic amines) is 1. The van der Waals surface area contributed by atoms with Crippen molar-refractivity contribution in [2.24, 2.45) is 7.05 Å². The van der Waals surface area contributed by atoms with E-state index in [-0.39, 0.29) is 11.3 Å². The number of hydrogen-bond acceptors (Lipinski definition) is 3. The summed E-state index contributed by atoms with van der Waals surface area (Å²) in [6.45, 7) is 3.46. The summed E-state index contributed by atoms with van der Waals surface area (Å²) in [7, 11) is 1.86. The van der Waals surface area contributed by atoms with Crippen LogP contribution >= 0.6 is 11.6 Å². The molecule has 2 aliphatic rings. The highest BCUT2D eigenvalue weighted by Crippen LogP contribution is 2.44. The van der Waals surface area contributed by atoms with E-state index < -0.39 is 0 Å². The van der Waals surface area contributed by atoms with E-state index in [2.05, 4.69) is 4.98 Å². The largest absolute Gasteiger partial charge is 0.345 e. The van der Waals surface area contributed by atoms with Crippen LogP contribution in [0.5, 0.6) is 0 Å². The summed E-state index contributed by atoms with van der Waals surface area (Å²) in [4.78, 5) is 24.0. The van der Waals surface area contributed by atoms with E-state index in [1.54, 1.807) is 16.8 Å². The van der Waals surface area contributed by atoms with Crippen molar-refractivity contribution in [2.75, 3.05) is 13.1 Å². The van der Waals surface area contributed by atoms with Crippen molar-refractivity contribution in [1.29, 1.82) is 0 Å². The van der Waals surface area contributed by atoms with E-state index in [0.717, 1.165) is 50.3 Å². The lowest BCUT2D eigenvalue weighted by Crippen LogP contribution is -2.48. The fraction of sp³-hybridized carbons (Fsp3) is 0.500. The average molecular weight is 345 g/mol. The van der Waals surface area contributed by atoms with E-state index in [0.29, 0.717) is 10.7 Å². The van der Waals surface area contributed by atoms with Crippen LogP contribution in [0.4, 0.5) is 0 Å². The SMILES string of the molecule is Cc1ncc2c(n1)C1(CCCN(C(=O)c3cc(Cl)cn3C)C1)CC2. The van der Waals surface area contributed by atoms with Crippen LogP contribution in [0.25, 0.3) is 0 Å². The molecule has 0 saturated carbocycles. The number of carbonyl (C=O) groups excluding carboxylic acids is 1. The number of aryl methyl sites for hydroxylation is 3. The minimum Gasteiger partial charge on any atom is -0.345 e. The molecule has 1 aliphatic heterocycles. The van der Waals surface area contributed by atoms with E-state index in [1.165, 1.54) is 5.56 Å². The zero-order valence-corrected chi connectivity index (χ0v) is 14.8. The molecule has 5 nitrogen and oxygen atoms in total. The number of aromatic nitrogens is 3. The van der Waals surface area contributed by atoms with Crippen LogP contribution in [0.2, 0.25) is 5.02 Å². The predicted molar refractivity (Wildman–Crippen MR) is 92.3 cm³/mol. The van der Waals surface area contributed by atoms with Gasteiger partial charge in [0, 0.05) is 37.9 Å². The summed E-state index contributed by atoms with van der Waals surface area (Å²) in [6, 6.07) is 1.75. The van der Waals surface area contributed by atoms with Gasteiger partial charge >= 0.3 is 0 Å². The molecule has 2 aromatic heterocycles. The maximum atomic E-state index is 13.0. The fourth-order valence-corrected chi connectivity index (χ4v) is 4.48. The maximum Gasteiger partial charge on any atom is 0.270 e. The summed E-state index contributed by atoms with van der Waals surface area (Å²) in [6.07, 6.45) is 7.90.